The van der Waals surface area contributed by atoms with Gasteiger partial charge in [-0.1, -0.05) is 33.6 Å². The molecule has 3 heteroatoms. The lowest BCUT2D eigenvalue weighted by Crippen LogP contribution is -2.52. The minimum absolute atomic E-state index is 0.0456. The third-order valence-corrected chi connectivity index (χ3v) is 3.11. The third-order valence-electron chi connectivity index (χ3n) is 3.11. The lowest BCUT2D eigenvalue weighted by Gasteiger charge is -2.24. The molecule has 0 aliphatic heterocycles. The molecule has 88 valence electrons. The Balaban J connectivity index is 2.30. The number of carbonyl (C=O) groups excluding carboxylic acids is 1. The fourth-order valence-electron chi connectivity index (χ4n) is 1.96. The van der Waals surface area contributed by atoms with Crippen LogP contribution in [-0.4, -0.2) is 18.0 Å². The highest BCUT2D eigenvalue weighted by Gasteiger charge is 2.36. The van der Waals surface area contributed by atoms with Gasteiger partial charge in [0, 0.05) is 6.54 Å². The summed E-state index contributed by atoms with van der Waals surface area (Å²) in [5, 5.41) is 2.96. The summed E-state index contributed by atoms with van der Waals surface area (Å²) < 4.78 is 0. The van der Waals surface area contributed by atoms with E-state index in [1.165, 1.54) is 0 Å². The maximum atomic E-state index is 11.8. The van der Waals surface area contributed by atoms with Crippen LogP contribution in [-0.2, 0) is 4.79 Å². The molecule has 1 saturated carbocycles. The summed E-state index contributed by atoms with van der Waals surface area (Å²) in [6, 6.07) is 0. The second-order valence-electron chi connectivity index (χ2n) is 5.93. The zero-order chi connectivity index (χ0) is 11.5. The van der Waals surface area contributed by atoms with Gasteiger partial charge in [0.25, 0.3) is 0 Å². The maximum Gasteiger partial charge on any atom is 0.240 e. The van der Waals surface area contributed by atoms with E-state index >= 15 is 0 Å². The van der Waals surface area contributed by atoms with Crippen LogP contribution in [0.3, 0.4) is 0 Å². The molecule has 0 atom stereocenters. The molecule has 1 aliphatic carbocycles. The zero-order valence-corrected chi connectivity index (χ0v) is 10.2. The zero-order valence-electron chi connectivity index (χ0n) is 10.2. The molecular weight excluding hydrogens is 188 g/mol. The van der Waals surface area contributed by atoms with E-state index in [4.69, 9.17) is 5.73 Å². The Bertz CT molecular complexity index is 224. The van der Waals surface area contributed by atoms with Crippen LogP contribution in [0.1, 0.15) is 52.9 Å². The van der Waals surface area contributed by atoms with Crippen LogP contribution in [0.5, 0.6) is 0 Å². The first-order chi connectivity index (χ1) is 6.83. The molecule has 1 aliphatic rings. The highest BCUT2D eigenvalue weighted by molar-refractivity contribution is 5.86. The first-order valence-corrected chi connectivity index (χ1v) is 5.91. The van der Waals surface area contributed by atoms with Crippen molar-refractivity contribution < 1.29 is 4.79 Å². The average molecular weight is 212 g/mol. The van der Waals surface area contributed by atoms with E-state index in [0.717, 1.165) is 38.6 Å². The van der Waals surface area contributed by atoms with Gasteiger partial charge >= 0.3 is 0 Å². The molecule has 0 unspecified atom stereocenters. The molecule has 0 aromatic carbocycles. The van der Waals surface area contributed by atoms with Crippen LogP contribution in [0.4, 0.5) is 0 Å². The van der Waals surface area contributed by atoms with Gasteiger partial charge in [-0.15, -0.1) is 0 Å². The molecule has 0 spiro atoms. The van der Waals surface area contributed by atoms with Crippen molar-refractivity contribution in [2.75, 3.05) is 6.54 Å². The van der Waals surface area contributed by atoms with Crippen molar-refractivity contribution >= 4 is 5.91 Å². The maximum absolute atomic E-state index is 11.8. The molecule has 15 heavy (non-hydrogen) atoms. The molecule has 0 saturated heterocycles. The van der Waals surface area contributed by atoms with Crippen molar-refractivity contribution in [2.45, 2.75) is 58.4 Å². The van der Waals surface area contributed by atoms with Gasteiger partial charge in [-0.3, -0.25) is 4.79 Å². The second kappa shape index (κ2) is 4.52. The summed E-state index contributed by atoms with van der Waals surface area (Å²) in [6.45, 7) is 7.26. The number of hydrogen-bond donors (Lipinski definition) is 2. The van der Waals surface area contributed by atoms with Crippen molar-refractivity contribution in [3.05, 3.63) is 0 Å². The molecule has 3 N–H and O–H groups in total. The topological polar surface area (TPSA) is 55.1 Å². The molecule has 0 heterocycles. The van der Waals surface area contributed by atoms with Crippen LogP contribution in [0, 0.1) is 5.41 Å². The normalized spacial score (nSPS) is 20.3. The predicted molar refractivity (Wildman–Crippen MR) is 62.5 cm³/mol. The molecule has 3 nitrogen and oxygen atoms in total. The van der Waals surface area contributed by atoms with Gasteiger partial charge in [-0.25, -0.2) is 0 Å². The van der Waals surface area contributed by atoms with Crippen molar-refractivity contribution in [1.29, 1.82) is 0 Å². The van der Waals surface area contributed by atoms with Gasteiger partial charge in [0.05, 0.1) is 5.54 Å². The SMILES string of the molecule is CC(C)(C)CCNC(=O)C1(N)CCCC1. The minimum Gasteiger partial charge on any atom is -0.354 e. The molecule has 1 amide bonds. The van der Waals surface area contributed by atoms with Gasteiger partial charge in [-0.05, 0) is 24.7 Å². The first kappa shape index (κ1) is 12.5. The fourth-order valence-corrected chi connectivity index (χ4v) is 1.96. The summed E-state index contributed by atoms with van der Waals surface area (Å²) in [5.74, 6) is 0.0456. The molecule has 1 fully saturated rings. The average Bonchev–Trinajstić information content (AvgIpc) is 2.51. The Morgan fingerprint density at radius 1 is 1.33 bits per heavy atom. The smallest absolute Gasteiger partial charge is 0.240 e. The van der Waals surface area contributed by atoms with E-state index in [-0.39, 0.29) is 11.3 Å². The highest BCUT2D eigenvalue weighted by Crippen LogP contribution is 2.27. The van der Waals surface area contributed by atoms with Crippen molar-refractivity contribution in [2.24, 2.45) is 11.1 Å². The number of carbonyl (C=O) groups is 1. The summed E-state index contributed by atoms with van der Waals surface area (Å²) in [6.07, 6.45) is 4.85. The lowest BCUT2D eigenvalue weighted by molar-refractivity contribution is -0.126. The molecule has 1 rings (SSSR count). The van der Waals surface area contributed by atoms with Crippen LogP contribution >= 0.6 is 0 Å². The van der Waals surface area contributed by atoms with E-state index in [1.807, 2.05) is 0 Å². The van der Waals surface area contributed by atoms with Crippen LogP contribution in [0.25, 0.3) is 0 Å². The molecule has 0 radical (unpaired) electrons. The Labute approximate surface area is 92.8 Å². The van der Waals surface area contributed by atoms with E-state index in [2.05, 4.69) is 26.1 Å². The predicted octanol–water partition coefficient (Wildman–Crippen LogP) is 1.81. The van der Waals surface area contributed by atoms with Crippen molar-refractivity contribution in [3.8, 4) is 0 Å². The van der Waals surface area contributed by atoms with E-state index in [0.29, 0.717) is 0 Å². The van der Waals surface area contributed by atoms with Crippen LogP contribution in [0.15, 0.2) is 0 Å². The van der Waals surface area contributed by atoms with Crippen LogP contribution in [0.2, 0.25) is 0 Å². The van der Waals surface area contributed by atoms with Gasteiger partial charge in [-0.2, -0.15) is 0 Å². The van der Waals surface area contributed by atoms with E-state index in [9.17, 15) is 4.79 Å². The Morgan fingerprint density at radius 3 is 2.33 bits per heavy atom. The molecule has 0 bridgehead atoms. The molecule has 0 aromatic rings. The minimum atomic E-state index is -0.572. The summed E-state index contributed by atoms with van der Waals surface area (Å²) in [7, 11) is 0. The van der Waals surface area contributed by atoms with E-state index in [1.54, 1.807) is 0 Å². The summed E-state index contributed by atoms with van der Waals surface area (Å²) in [4.78, 5) is 11.8. The first-order valence-electron chi connectivity index (χ1n) is 5.91. The van der Waals surface area contributed by atoms with Gasteiger partial charge in [0.2, 0.25) is 5.91 Å². The monoisotopic (exact) mass is 212 g/mol. The quantitative estimate of drug-likeness (QED) is 0.749. The van der Waals surface area contributed by atoms with Gasteiger partial charge in [0.1, 0.15) is 0 Å². The number of rotatable bonds is 3. The molecule has 0 aromatic heterocycles. The summed E-state index contributed by atoms with van der Waals surface area (Å²) in [5.41, 5.74) is 5.74. The molecular formula is C12H24N2O. The standard InChI is InChI=1S/C12H24N2O/c1-11(2,3)8-9-14-10(15)12(13)6-4-5-7-12/h4-9,13H2,1-3H3,(H,14,15). The Hall–Kier alpha value is -0.570. The van der Waals surface area contributed by atoms with E-state index < -0.39 is 5.54 Å². The van der Waals surface area contributed by atoms with Gasteiger partial charge in [0.15, 0.2) is 0 Å². The third kappa shape index (κ3) is 3.82. The van der Waals surface area contributed by atoms with Crippen molar-refractivity contribution in [1.82, 2.24) is 5.32 Å². The second-order valence-corrected chi connectivity index (χ2v) is 5.93. The Morgan fingerprint density at radius 2 is 1.87 bits per heavy atom. The van der Waals surface area contributed by atoms with Crippen molar-refractivity contribution in [3.63, 3.8) is 0 Å². The largest absolute Gasteiger partial charge is 0.354 e. The number of nitrogens with one attached hydrogen (secondary N) is 1. The number of hydrogen-bond acceptors (Lipinski definition) is 2. The summed E-state index contributed by atoms with van der Waals surface area (Å²) >= 11 is 0. The van der Waals surface area contributed by atoms with Gasteiger partial charge < -0.3 is 11.1 Å². The highest BCUT2D eigenvalue weighted by atomic mass is 16.2. The Kier molecular flexibility index (Phi) is 3.77. The van der Waals surface area contributed by atoms with Crippen LogP contribution < -0.4 is 11.1 Å². The lowest BCUT2D eigenvalue weighted by atomic mass is 9.92. The fraction of sp³-hybridized carbons (Fsp3) is 0.917. The number of amides is 1. The number of nitrogens with two attached hydrogens (primary N) is 1.